The largest absolute Gasteiger partial charge is 0.495 e. The highest BCUT2D eigenvalue weighted by Gasteiger charge is 2.08. The van der Waals surface area contributed by atoms with Crippen LogP contribution in [0.5, 0.6) is 5.75 Å². The van der Waals surface area contributed by atoms with Gasteiger partial charge in [0.05, 0.1) is 12.8 Å². The van der Waals surface area contributed by atoms with E-state index in [1.807, 2.05) is 12.1 Å². The summed E-state index contributed by atoms with van der Waals surface area (Å²) in [5.41, 5.74) is 3.03. The molecule has 2 amide bonds. The number of aromatic amines is 1. The van der Waals surface area contributed by atoms with Crippen LogP contribution in [0.15, 0.2) is 48.5 Å². The van der Waals surface area contributed by atoms with Crippen molar-refractivity contribution in [2.45, 2.75) is 19.8 Å². The van der Waals surface area contributed by atoms with E-state index in [-0.39, 0.29) is 6.03 Å². The Morgan fingerprint density at radius 1 is 1.15 bits per heavy atom. The zero-order chi connectivity index (χ0) is 19.1. The molecule has 2 aromatic carbocycles. The number of ether oxygens (including phenoxy) is 1. The number of carbonyl (C=O) groups excluding carboxylic acids is 1. The Hall–Kier alpha value is -3.35. The number of urea groups is 1. The normalized spacial score (nSPS) is 10.4. The zero-order valence-corrected chi connectivity index (χ0v) is 15.5. The van der Waals surface area contributed by atoms with Crippen LogP contribution in [0.2, 0.25) is 0 Å². The van der Waals surface area contributed by atoms with Crippen LogP contribution in [-0.4, -0.2) is 34.9 Å². The smallest absolute Gasteiger partial charge is 0.319 e. The van der Waals surface area contributed by atoms with E-state index in [0.717, 1.165) is 5.82 Å². The second-order valence-corrected chi connectivity index (χ2v) is 6.19. The lowest BCUT2D eigenvalue weighted by molar-refractivity contribution is 0.252. The fourth-order valence-corrected chi connectivity index (χ4v) is 2.63. The van der Waals surface area contributed by atoms with Gasteiger partial charge in [-0.1, -0.05) is 42.0 Å². The molecule has 0 fully saturated rings. The van der Waals surface area contributed by atoms with Gasteiger partial charge >= 0.3 is 6.03 Å². The summed E-state index contributed by atoms with van der Waals surface area (Å²) in [5, 5.41) is 12.7. The highest BCUT2D eigenvalue weighted by atomic mass is 16.5. The number of anilines is 1. The van der Waals surface area contributed by atoms with Gasteiger partial charge in [-0.3, -0.25) is 5.10 Å². The summed E-state index contributed by atoms with van der Waals surface area (Å²) in [4.78, 5) is 16.5. The molecule has 0 bridgehead atoms. The number of aryl methyl sites for hydroxylation is 1. The number of nitrogens with one attached hydrogen (secondary N) is 3. The summed E-state index contributed by atoms with van der Waals surface area (Å²) >= 11 is 0. The lowest BCUT2D eigenvalue weighted by Crippen LogP contribution is -2.30. The minimum atomic E-state index is -0.296. The minimum Gasteiger partial charge on any atom is -0.495 e. The average molecular weight is 365 g/mol. The lowest BCUT2D eigenvalue weighted by atomic mass is 10.1. The Morgan fingerprint density at radius 3 is 2.70 bits per heavy atom. The quantitative estimate of drug-likeness (QED) is 0.600. The van der Waals surface area contributed by atoms with Gasteiger partial charge in [-0.15, -0.1) is 0 Å². The second-order valence-electron chi connectivity index (χ2n) is 6.19. The summed E-state index contributed by atoms with van der Waals surface area (Å²) in [7, 11) is 1.57. The number of H-pyrrole nitrogens is 1. The topological polar surface area (TPSA) is 91.9 Å². The van der Waals surface area contributed by atoms with Crippen molar-refractivity contribution in [3.63, 3.8) is 0 Å². The number of benzene rings is 2. The number of para-hydroxylation sites is 2. The first kappa shape index (κ1) is 18.4. The maximum atomic E-state index is 12.0. The van der Waals surface area contributed by atoms with Gasteiger partial charge in [0.2, 0.25) is 0 Å². The van der Waals surface area contributed by atoms with Crippen LogP contribution in [0.4, 0.5) is 10.5 Å². The monoisotopic (exact) mass is 365 g/mol. The molecule has 27 heavy (non-hydrogen) atoms. The molecule has 0 aliphatic rings. The highest BCUT2D eigenvalue weighted by Crippen LogP contribution is 2.22. The third kappa shape index (κ3) is 5.31. The number of hydrogen-bond acceptors (Lipinski definition) is 4. The molecule has 0 unspecified atom stereocenters. The van der Waals surface area contributed by atoms with Crippen molar-refractivity contribution in [1.82, 2.24) is 20.5 Å². The Bertz CT molecular complexity index is 889. The Balaban J connectivity index is 1.46. The number of nitrogens with zero attached hydrogens (tertiary/aromatic N) is 2. The van der Waals surface area contributed by atoms with E-state index in [1.165, 1.54) is 11.1 Å². The minimum absolute atomic E-state index is 0.296. The first-order chi connectivity index (χ1) is 13.1. The van der Waals surface area contributed by atoms with Crippen LogP contribution >= 0.6 is 0 Å². The SMILES string of the molecule is COc1ccccc1NC(=O)NCCc1n[nH]c(Cc2ccc(C)cc2)n1. The van der Waals surface area contributed by atoms with Gasteiger partial charge in [-0.25, -0.2) is 9.78 Å². The van der Waals surface area contributed by atoms with Gasteiger partial charge in [0, 0.05) is 19.4 Å². The molecule has 0 aliphatic carbocycles. The third-order valence-electron chi connectivity index (χ3n) is 4.06. The van der Waals surface area contributed by atoms with Crippen molar-refractivity contribution >= 4 is 11.7 Å². The van der Waals surface area contributed by atoms with Crippen LogP contribution < -0.4 is 15.4 Å². The van der Waals surface area contributed by atoms with Crippen molar-refractivity contribution < 1.29 is 9.53 Å². The number of rotatable bonds is 7. The molecule has 140 valence electrons. The molecule has 0 saturated carbocycles. The average Bonchev–Trinajstić information content (AvgIpc) is 3.11. The van der Waals surface area contributed by atoms with E-state index < -0.39 is 0 Å². The third-order valence-corrected chi connectivity index (χ3v) is 4.06. The molecule has 3 aromatic rings. The lowest BCUT2D eigenvalue weighted by Gasteiger charge is -2.10. The van der Waals surface area contributed by atoms with Crippen molar-refractivity contribution in [3.8, 4) is 5.75 Å². The summed E-state index contributed by atoms with van der Waals surface area (Å²) in [5.74, 6) is 2.10. The highest BCUT2D eigenvalue weighted by molar-refractivity contribution is 5.90. The maximum absolute atomic E-state index is 12.0. The van der Waals surface area contributed by atoms with Gasteiger partial charge in [-0.05, 0) is 24.6 Å². The second kappa shape index (κ2) is 8.84. The molecule has 1 heterocycles. The Kier molecular flexibility index (Phi) is 6.04. The molecule has 7 heteroatoms. The van der Waals surface area contributed by atoms with Gasteiger partial charge in [0.15, 0.2) is 5.82 Å². The molecule has 0 radical (unpaired) electrons. The fourth-order valence-electron chi connectivity index (χ4n) is 2.63. The first-order valence-electron chi connectivity index (χ1n) is 8.77. The number of aromatic nitrogens is 3. The van der Waals surface area contributed by atoms with E-state index >= 15 is 0 Å². The van der Waals surface area contributed by atoms with E-state index in [1.54, 1.807) is 19.2 Å². The summed E-state index contributed by atoms with van der Waals surface area (Å²) < 4.78 is 5.21. The summed E-state index contributed by atoms with van der Waals surface area (Å²) in [6.45, 7) is 2.50. The van der Waals surface area contributed by atoms with E-state index in [2.05, 4.69) is 57.0 Å². The van der Waals surface area contributed by atoms with Crippen molar-refractivity contribution in [2.75, 3.05) is 19.0 Å². The predicted molar refractivity (Wildman–Crippen MR) is 104 cm³/mol. The number of methoxy groups -OCH3 is 1. The van der Waals surface area contributed by atoms with E-state index in [4.69, 9.17) is 4.74 Å². The van der Waals surface area contributed by atoms with Crippen LogP contribution in [-0.2, 0) is 12.8 Å². The van der Waals surface area contributed by atoms with Gasteiger partial charge in [0.25, 0.3) is 0 Å². The number of hydrogen-bond donors (Lipinski definition) is 3. The van der Waals surface area contributed by atoms with Crippen molar-refractivity contribution in [1.29, 1.82) is 0 Å². The molecule has 0 atom stereocenters. The first-order valence-corrected chi connectivity index (χ1v) is 8.77. The van der Waals surface area contributed by atoms with Crippen LogP contribution in [0.1, 0.15) is 22.8 Å². The zero-order valence-electron chi connectivity index (χ0n) is 15.5. The van der Waals surface area contributed by atoms with Gasteiger partial charge < -0.3 is 15.4 Å². The number of amides is 2. The van der Waals surface area contributed by atoms with E-state index in [9.17, 15) is 4.79 Å². The molecule has 0 aliphatic heterocycles. The molecule has 0 spiro atoms. The summed E-state index contributed by atoms with van der Waals surface area (Å²) in [6.07, 6.45) is 1.25. The fraction of sp³-hybridized carbons (Fsp3) is 0.250. The summed E-state index contributed by atoms with van der Waals surface area (Å²) in [6, 6.07) is 15.3. The predicted octanol–water partition coefficient (Wildman–Crippen LogP) is 3.08. The molecule has 3 rings (SSSR count). The number of carbonyl (C=O) groups is 1. The van der Waals surface area contributed by atoms with Crippen molar-refractivity contribution in [2.24, 2.45) is 0 Å². The van der Waals surface area contributed by atoms with Crippen LogP contribution in [0.3, 0.4) is 0 Å². The van der Waals surface area contributed by atoms with Crippen molar-refractivity contribution in [3.05, 3.63) is 71.3 Å². The standard InChI is InChI=1S/C20H23N5O2/c1-14-7-9-15(10-8-14)13-19-23-18(24-25-19)11-12-21-20(26)22-16-5-3-4-6-17(16)27-2/h3-10H,11-13H2,1-2H3,(H2,21,22,26)(H,23,24,25). The van der Waals surface area contributed by atoms with E-state index in [0.29, 0.717) is 36.6 Å². The van der Waals surface area contributed by atoms with Crippen LogP contribution in [0, 0.1) is 6.92 Å². The molecule has 0 saturated heterocycles. The Morgan fingerprint density at radius 2 is 1.93 bits per heavy atom. The molecule has 3 N–H and O–H groups in total. The van der Waals surface area contributed by atoms with Gasteiger partial charge in [0.1, 0.15) is 11.6 Å². The maximum Gasteiger partial charge on any atom is 0.319 e. The molecular formula is C20H23N5O2. The molecule has 1 aromatic heterocycles. The Labute approximate surface area is 158 Å². The molecule has 7 nitrogen and oxygen atoms in total. The van der Waals surface area contributed by atoms with Gasteiger partial charge in [-0.2, -0.15) is 5.10 Å². The molecular weight excluding hydrogens is 342 g/mol. The van der Waals surface area contributed by atoms with Crippen LogP contribution in [0.25, 0.3) is 0 Å².